The number of hydrogen-bond donors (Lipinski definition) is 1. The van der Waals surface area contributed by atoms with Gasteiger partial charge in [0, 0.05) is 13.1 Å². The van der Waals surface area contributed by atoms with Gasteiger partial charge in [-0.15, -0.1) is 0 Å². The van der Waals surface area contributed by atoms with Gasteiger partial charge in [0.1, 0.15) is 11.4 Å². The van der Waals surface area contributed by atoms with Crippen LogP contribution < -0.4 is 14.5 Å². The summed E-state index contributed by atoms with van der Waals surface area (Å²) in [6.07, 6.45) is -0.435. The van der Waals surface area contributed by atoms with E-state index in [4.69, 9.17) is 4.74 Å². The molecular formula is C14H23N2O2+. The summed E-state index contributed by atoms with van der Waals surface area (Å²) in [4.78, 5) is 11.4. The molecule has 0 aromatic heterocycles. The lowest BCUT2D eigenvalue weighted by Crippen LogP contribution is -2.34. The molecule has 0 aliphatic carbocycles. The third kappa shape index (κ3) is 3.47. The Morgan fingerprint density at radius 2 is 1.89 bits per heavy atom. The molecule has 0 bridgehead atoms. The molecular weight excluding hydrogens is 228 g/mol. The number of carbonyl (C=O) groups is 1. The van der Waals surface area contributed by atoms with E-state index in [2.05, 4.69) is 46.4 Å². The van der Waals surface area contributed by atoms with Crippen molar-refractivity contribution in [2.45, 2.75) is 19.8 Å². The van der Waals surface area contributed by atoms with Crippen LogP contribution in [-0.4, -0.2) is 34.3 Å². The number of benzene rings is 1. The third-order valence-electron chi connectivity index (χ3n) is 2.80. The zero-order valence-corrected chi connectivity index (χ0v) is 12.1. The summed E-state index contributed by atoms with van der Waals surface area (Å²) in [5.41, 5.74) is 2.13. The molecule has 1 amide bonds. The van der Waals surface area contributed by atoms with E-state index in [-0.39, 0.29) is 0 Å². The van der Waals surface area contributed by atoms with Crippen LogP contribution in [0.4, 0.5) is 10.5 Å². The second-order valence-corrected chi connectivity index (χ2v) is 5.53. The van der Waals surface area contributed by atoms with Crippen LogP contribution in [0.3, 0.4) is 0 Å². The molecule has 1 aromatic rings. The van der Waals surface area contributed by atoms with Gasteiger partial charge < -0.3 is 10.1 Å². The summed E-state index contributed by atoms with van der Waals surface area (Å²) in [6.45, 7) is 4.16. The van der Waals surface area contributed by atoms with Gasteiger partial charge in [-0.25, -0.2) is 4.79 Å². The highest BCUT2D eigenvalue weighted by Gasteiger charge is 2.18. The second-order valence-electron chi connectivity index (χ2n) is 5.53. The summed E-state index contributed by atoms with van der Waals surface area (Å²) in [5, 5.41) is 2.47. The Balaban J connectivity index is 3.20. The van der Waals surface area contributed by atoms with Crippen LogP contribution in [-0.2, 0) is 0 Å². The van der Waals surface area contributed by atoms with Crippen molar-refractivity contribution in [3.8, 4) is 5.75 Å². The summed E-state index contributed by atoms with van der Waals surface area (Å²) in [6, 6.07) is 6.04. The van der Waals surface area contributed by atoms with Crippen molar-refractivity contribution in [3.63, 3.8) is 0 Å². The van der Waals surface area contributed by atoms with Gasteiger partial charge in [0.05, 0.1) is 21.1 Å². The van der Waals surface area contributed by atoms with Crippen LogP contribution in [0.15, 0.2) is 18.2 Å². The second kappa shape index (κ2) is 5.40. The molecule has 100 valence electrons. The van der Waals surface area contributed by atoms with E-state index in [1.807, 2.05) is 12.1 Å². The van der Waals surface area contributed by atoms with Gasteiger partial charge in [0.15, 0.2) is 0 Å². The molecule has 1 N–H and O–H groups in total. The van der Waals surface area contributed by atoms with Gasteiger partial charge in [0.2, 0.25) is 0 Å². The Labute approximate surface area is 109 Å². The molecule has 18 heavy (non-hydrogen) atoms. The topological polar surface area (TPSA) is 38.3 Å². The monoisotopic (exact) mass is 251 g/mol. The van der Waals surface area contributed by atoms with Gasteiger partial charge in [0.25, 0.3) is 0 Å². The Bertz CT molecular complexity index is 434. The first-order valence-electron chi connectivity index (χ1n) is 6.11. The van der Waals surface area contributed by atoms with E-state index in [1.54, 1.807) is 7.05 Å². The minimum absolute atomic E-state index is 0.311. The Morgan fingerprint density at radius 3 is 2.33 bits per heavy atom. The number of hydrogen-bond acceptors (Lipinski definition) is 2. The van der Waals surface area contributed by atoms with Crippen molar-refractivity contribution < 1.29 is 9.53 Å². The molecule has 4 heteroatoms. The number of rotatable bonds is 3. The molecule has 0 aliphatic rings. The molecule has 1 rings (SSSR count). The predicted molar refractivity (Wildman–Crippen MR) is 75.2 cm³/mol. The summed E-state index contributed by atoms with van der Waals surface area (Å²) >= 11 is 0. The standard InChI is InChI=1S/C14H22N2O2/c1-10(2)12-8-7-11(16(4,5)6)9-13(12)18-14(17)15-3/h7-10H,1-6H3/p+1. The smallest absolute Gasteiger partial charge is 0.410 e. The SMILES string of the molecule is CNC(=O)Oc1cc([N+](C)(C)C)ccc1C(C)C. The summed E-state index contributed by atoms with van der Waals surface area (Å²) in [7, 11) is 7.79. The quantitative estimate of drug-likeness (QED) is 0.839. The average Bonchev–Trinajstić information content (AvgIpc) is 2.27. The number of carbonyl (C=O) groups excluding carboxylic acids is 1. The first-order valence-corrected chi connectivity index (χ1v) is 6.11. The average molecular weight is 251 g/mol. The summed E-state index contributed by atoms with van der Waals surface area (Å²) in [5.74, 6) is 0.945. The fraction of sp³-hybridized carbons (Fsp3) is 0.500. The first-order chi connectivity index (χ1) is 8.25. The highest BCUT2D eigenvalue weighted by atomic mass is 16.6. The van der Waals surface area contributed by atoms with Crippen molar-refractivity contribution in [2.24, 2.45) is 0 Å². The molecule has 0 spiro atoms. The van der Waals surface area contributed by atoms with Gasteiger partial charge >= 0.3 is 6.09 Å². The minimum atomic E-state index is -0.435. The molecule has 4 nitrogen and oxygen atoms in total. The molecule has 0 aliphatic heterocycles. The number of nitrogens with one attached hydrogen (secondary N) is 1. The van der Waals surface area contributed by atoms with Crippen molar-refractivity contribution >= 4 is 11.8 Å². The van der Waals surface area contributed by atoms with Gasteiger partial charge in [-0.3, -0.25) is 4.48 Å². The lowest BCUT2D eigenvalue weighted by atomic mass is 10.0. The highest BCUT2D eigenvalue weighted by molar-refractivity contribution is 5.71. The lowest BCUT2D eigenvalue weighted by Gasteiger charge is -2.25. The van der Waals surface area contributed by atoms with E-state index in [9.17, 15) is 4.79 Å². The van der Waals surface area contributed by atoms with Crippen LogP contribution in [0.2, 0.25) is 0 Å². The number of nitrogens with zero attached hydrogens (tertiary/aromatic N) is 1. The maximum atomic E-state index is 11.4. The predicted octanol–water partition coefficient (Wildman–Crippen LogP) is 2.72. The molecule has 0 saturated carbocycles. The van der Waals surface area contributed by atoms with Crippen LogP contribution in [0.5, 0.6) is 5.75 Å². The van der Waals surface area contributed by atoms with Gasteiger partial charge in [-0.05, 0) is 23.6 Å². The normalized spacial score (nSPS) is 11.5. The zero-order chi connectivity index (χ0) is 13.9. The first kappa shape index (κ1) is 14.5. The van der Waals surface area contributed by atoms with Gasteiger partial charge in [-0.1, -0.05) is 13.8 Å². The lowest BCUT2D eigenvalue weighted by molar-refractivity contribution is 0.202. The molecule has 0 heterocycles. The molecule has 0 radical (unpaired) electrons. The zero-order valence-electron chi connectivity index (χ0n) is 12.1. The van der Waals surface area contributed by atoms with E-state index >= 15 is 0 Å². The van der Waals surface area contributed by atoms with Crippen molar-refractivity contribution in [1.82, 2.24) is 9.80 Å². The van der Waals surface area contributed by atoms with E-state index in [1.165, 1.54) is 0 Å². The molecule has 1 aromatic carbocycles. The Kier molecular flexibility index (Phi) is 4.35. The number of amides is 1. The molecule has 0 unspecified atom stereocenters. The fourth-order valence-electron chi connectivity index (χ4n) is 1.66. The van der Waals surface area contributed by atoms with Crippen molar-refractivity contribution in [1.29, 1.82) is 0 Å². The summed E-state index contributed by atoms with van der Waals surface area (Å²) < 4.78 is 6.01. The fourth-order valence-corrected chi connectivity index (χ4v) is 1.66. The van der Waals surface area contributed by atoms with Gasteiger partial charge in [-0.2, -0.15) is 0 Å². The highest BCUT2D eigenvalue weighted by Crippen LogP contribution is 2.31. The Morgan fingerprint density at radius 1 is 1.28 bits per heavy atom. The van der Waals surface area contributed by atoms with Crippen LogP contribution >= 0.6 is 0 Å². The van der Waals surface area contributed by atoms with Crippen molar-refractivity contribution in [3.05, 3.63) is 23.8 Å². The molecule has 0 atom stereocenters. The number of ether oxygens (including phenoxy) is 1. The van der Waals surface area contributed by atoms with E-state index in [0.717, 1.165) is 11.3 Å². The number of quaternary nitrogens is 1. The minimum Gasteiger partial charge on any atom is -0.410 e. The van der Waals surface area contributed by atoms with Crippen molar-refractivity contribution in [2.75, 3.05) is 28.2 Å². The van der Waals surface area contributed by atoms with Crippen LogP contribution in [0.1, 0.15) is 25.3 Å². The molecule has 0 fully saturated rings. The maximum Gasteiger partial charge on any atom is 0.412 e. The van der Waals surface area contributed by atoms with Crippen LogP contribution in [0, 0.1) is 0 Å². The molecule has 0 saturated heterocycles. The maximum absolute atomic E-state index is 11.4. The van der Waals surface area contributed by atoms with E-state index in [0.29, 0.717) is 16.2 Å². The van der Waals surface area contributed by atoms with E-state index < -0.39 is 6.09 Å². The third-order valence-corrected chi connectivity index (χ3v) is 2.80. The largest absolute Gasteiger partial charge is 0.412 e. The van der Waals surface area contributed by atoms with Crippen LogP contribution in [0.25, 0.3) is 0 Å². The Hall–Kier alpha value is -1.55.